The predicted octanol–water partition coefficient (Wildman–Crippen LogP) is 3.97. The van der Waals surface area contributed by atoms with Gasteiger partial charge in [0, 0.05) is 31.5 Å². The van der Waals surface area contributed by atoms with Crippen LogP contribution in [0.25, 0.3) is 22.2 Å². The Labute approximate surface area is 145 Å². The van der Waals surface area contributed by atoms with Crippen LogP contribution in [0.3, 0.4) is 0 Å². The molecule has 26 heavy (non-hydrogen) atoms. The Morgan fingerprint density at radius 3 is 2.58 bits per heavy atom. The number of hydrogen-bond donors (Lipinski definition) is 0. The van der Waals surface area contributed by atoms with Crippen LogP contribution in [0, 0.1) is 11.7 Å². The highest BCUT2D eigenvalue weighted by Crippen LogP contribution is 2.39. The molecule has 1 fully saturated rings. The van der Waals surface area contributed by atoms with E-state index in [1.54, 1.807) is 0 Å². The van der Waals surface area contributed by atoms with Gasteiger partial charge in [-0.15, -0.1) is 0 Å². The highest BCUT2D eigenvalue weighted by Gasteiger charge is 2.35. The molecule has 0 atom stereocenters. The molecule has 1 aromatic carbocycles. The Balaban J connectivity index is 1.96. The second-order valence-electron chi connectivity index (χ2n) is 6.61. The molecule has 4 nitrogen and oxygen atoms in total. The van der Waals surface area contributed by atoms with Crippen LogP contribution in [-0.4, -0.2) is 14.1 Å². The number of aryl methyl sites for hydroxylation is 1. The van der Waals surface area contributed by atoms with Crippen LogP contribution in [0.1, 0.15) is 18.4 Å². The lowest BCUT2D eigenvalue weighted by Crippen LogP contribution is -2.22. The summed E-state index contributed by atoms with van der Waals surface area (Å²) in [4.78, 5) is 15.9. The highest BCUT2D eigenvalue weighted by molar-refractivity contribution is 5.84. The number of aromatic nitrogens is 3. The van der Waals surface area contributed by atoms with E-state index in [9.17, 15) is 18.0 Å². The maximum Gasteiger partial charge on any atom is 0.418 e. The van der Waals surface area contributed by atoms with Crippen molar-refractivity contribution in [2.45, 2.75) is 25.6 Å². The van der Waals surface area contributed by atoms with Gasteiger partial charge in [-0.05, 0) is 42.5 Å². The van der Waals surface area contributed by atoms with E-state index in [0.29, 0.717) is 24.2 Å². The molecule has 0 amide bonds. The van der Waals surface area contributed by atoms with E-state index < -0.39 is 17.6 Å². The molecule has 0 radical (unpaired) electrons. The van der Waals surface area contributed by atoms with Crippen LogP contribution in [0.15, 0.2) is 35.4 Å². The lowest BCUT2D eigenvalue weighted by molar-refractivity contribution is -0.137. The van der Waals surface area contributed by atoms with E-state index in [4.69, 9.17) is 0 Å². The Morgan fingerprint density at radius 2 is 1.92 bits per heavy atom. The third-order valence-electron chi connectivity index (χ3n) is 4.79. The minimum Gasteiger partial charge on any atom is -0.292 e. The summed E-state index contributed by atoms with van der Waals surface area (Å²) in [6.07, 6.45) is -0.749. The van der Waals surface area contributed by atoms with E-state index in [2.05, 4.69) is 4.98 Å². The molecule has 0 N–H and O–H groups in total. The molecular weight excluding hydrogens is 350 g/mol. The van der Waals surface area contributed by atoms with Crippen molar-refractivity contribution in [3.63, 3.8) is 0 Å². The number of halogens is 4. The highest BCUT2D eigenvalue weighted by atomic mass is 19.4. The molecule has 0 spiro atoms. The van der Waals surface area contributed by atoms with Crippen molar-refractivity contribution in [3.8, 4) is 11.1 Å². The molecule has 4 rings (SSSR count). The van der Waals surface area contributed by atoms with Gasteiger partial charge >= 0.3 is 11.9 Å². The summed E-state index contributed by atoms with van der Waals surface area (Å²) in [5, 5.41) is 0. The molecule has 136 valence electrons. The monoisotopic (exact) mass is 365 g/mol. The fraction of sp³-hybridized carbons (Fsp3) is 0.333. The molecule has 2 heterocycles. The second kappa shape index (κ2) is 5.69. The molecule has 1 aliphatic carbocycles. The zero-order valence-electron chi connectivity index (χ0n) is 13.8. The second-order valence-corrected chi connectivity index (χ2v) is 6.61. The summed E-state index contributed by atoms with van der Waals surface area (Å²) >= 11 is 0. The first kappa shape index (κ1) is 16.8. The van der Waals surface area contributed by atoms with E-state index >= 15 is 4.39 Å². The lowest BCUT2D eigenvalue weighted by Gasteiger charge is -2.13. The van der Waals surface area contributed by atoms with Gasteiger partial charge < -0.3 is 0 Å². The lowest BCUT2D eigenvalue weighted by atomic mass is 10.00. The molecule has 0 saturated heterocycles. The van der Waals surface area contributed by atoms with Gasteiger partial charge in [-0.1, -0.05) is 0 Å². The first-order valence-corrected chi connectivity index (χ1v) is 8.18. The van der Waals surface area contributed by atoms with Crippen molar-refractivity contribution in [1.29, 1.82) is 0 Å². The van der Waals surface area contributed by atoms with Gasteiger partial charge in [-0.3, -0.25) is 14.1 Å². The third-order valence-corrected chi connectivity index (χ3v) is 4.79. The van der Waals surface area contributed by atoms with Gasteiger partial charge in [0.1, 0.15) is 5.52 Å². The Kier molecular flexibility index (Phi) is 3.68. The van der Waals surface area contributed by atoms with Gasteiger partial charge in [0.25, 0.3) is 0 Å². The summed E-state index contributed by atoms with van der Waals surface area (Å²) < 4.78 is 57.6. The van der Waals surface area contributed by atoms with Crippen LogP contribution in [0.5, 0.6) is 0 Å². The molecule has 1 aliphatic rings. The number of pyridine rings is 1. The van der Waals surface area contributed by atoms with Crippen molar-refractivity contribution in [2.75, 3.05) is 0 Å². The number of benzene rings is 1. The Morgan fingerprint density at radius 1 is 1.19 bits per heavy atom. The van der Waals surface area contributed by atoms with Gasteiger partial charge in [-0.25, -0.2) is 9.18 Å². The Hall–Kier alpha value is -2.64. The first-order chi connectivity index (χ1) is 12.3. The summed E-state index contributed by atoms with van der Waals surface area (Å²) in [5.74, 6) is -0.439. The predicted molar refractivity (Wildman–Crippen MR) is 88.1 cm³/mol. The molecule has 1 saturated carbocycles. The largest absolute Gasteiger partial charge is 0.418 e. The summed E-state index contributed by atoms with van der Waals surface area (Å²) in [5.41, 5.74) is -1.47. The standard InChI is InChI=1S/C18H15F4N3O/c1-24-16-14(25(17(24)26)9-10-2-3-10)5-4-12(15(16)19)11-6-7-23-8-13(11)18(20,21)22/h4-8,10H,2-3,9H2,1H3. The zero-order chi connectivity index (χ0) is 18.6. The normalized spacial score (nSPS) is 15.0. The van der Waals surface area contributed by atoms with Crippen molar-refractivity contribution >= 4 is 11.0 Å². The maximum absolute atomic E-state index is 15.2. The molecule has 0 unspecified atom stereocenters. The van der Waals surface area contributed by atoms with Crippen LogP contribution >= 0.6 is 0 Å². The Bertz CT molecular complexity index is 1060. The van der Waals surface area contributed by atoms with Gasteiger partial charge in [-0.2, -0.15) is 13.2 Å². The molecule has 8 heteroatoms. The molecule has 0 bridgehead atoms. The van der Waals surface area contributed by atoms with Crippen LogP contribution < -0.4 is 5.69 Å². The van der Waals surface area contributed by atoms with Crippen LogP contribution in [0.4, 0.5) is 17.6 Å². The topological polar surface area (TPSA) is 39.8 Å². The number of hydrogen-bond acceptors (Lipinski definition) is 2. The van der Waals surface area contributed by atoms with E-state index in [0.717, 1.165) is 23.5 Å². The van der Waals surface area contributed by atoms with Crippen molar-refractivity contribution < 1.29 is 17.6 Å². The number of rotatable bonds is 3. The molecule has 2 aromatic heterocycles. The van der Waals surface area contributed by atoms with Gasteiger partial charge in [0.2, 0.25) is 0 Å². The summed E-state index contributed by atoms with van der Waals surface area (Å²) in [7, 11) is 1.43. The van der Waals surface area contributed by atoms with Crippen LogP contribution in [-0.2, 0) is 19.8 Å². The average molecular weight is 365 g/mol. The number of fused-ring (bicyclic) bond motifs is 1. The summed E-state index contributed by atoms with van der Waals surface area (Å²) in [6.45, 7) is 0.498. The van der Waals surface area contributed by atoms with Gasteiger partial charge in [0.05, 0.1) is 11.1 Å². The third kappa shape index (κ3) is 2.60. The van der Waals surface area contributed by atoms with E-state index in [-0.39, 0.29) is 22.3 Å². The number of imidazole rings is 1. The smallest absolute Gasteiger partial charge is 0.292 e. The van der Waals surface area contributed by atoms with Crippen molar-refractivity contribution in [3.05, 3.63) is 52.5 Å². The van der Waals surface area contributed by atoms with Crippen molar-refractivity contribution in [2.24, 2.45) is 13.0 Å². The minimum absolute atomic E-state index is 0.0121. The minimum atomic E-state index is -4.66. The average Bonchev–Trinajstić information content (AvgIpc) is 3.38. The molecular formula is C18H15F4N3O. The van der Waals surface area contributed by atoms with Gasteiger partial charge in [0.15, 0.2) is 5.82 Å². The maximum atomic E-state index is 15.2. The van der Waals surface area contributed by atoms with Crippen LogP contribution in [0.2, 0.25) is 0 Å². The SMILES string of the molecule is Cn1c(=O)n(CC2CC2)c2ccc(-c3ccncc3C(F)(F)F)c(F)c21. The molecule has 3 aromatic rings. The fourth-order valence-electron chi connectivity index (χ4n) is 3.27. The fourth-order valence-corrected chi connectivity index (χ4v) is 3.27. The quantitative estimate of drug-likeness (QED) is 0.659. The summed E-state index contributed by atoms with van der Waals surface area (Å²) in [6, 6.07) is 3.94. The number of alkyl halides is 3. The molecule has 0 aliphatic heterocycles. The zero-order valence-corrected chi connectivity index (χ0v) is 13.8. The van der Waals surface area contributed by atoms with Crippen molar-refractivity contribution in [1.82, 2.24) is 14.1 Å². The number of nitrogens with zero attached hydrogens (tertiary/aromatic N) is 3. The van der Waals surface area contributed by atoms with E-state index in [1.165, 1.54) is 29.9 Å². The first-order valence-electron chi connectivity index (χ1n) is 8.18. The van der Waals surface area contributed by atoms with E-state index in [1.807, 2.05) is 0 Å².